The summed E-state index contributed by atoms with van der Waals surface area (Å²) in [5, 5.41) is 10.2. The van der Waals surface area contributed by atoms with Gasteiger partial charge >= 0.3 is 5.97 Å². The molecule has 0 spiro atoms. The van der Waals surface area contributed by atoms with Crippen LogP contribution in [0.3, 0.4) is 0 Å². The van der Waals surface area contributed by atoms with E-state index in [4.69, 9.17) is 9.47 Å². The topological polar surface area (TPSA) is 76.1 Å². The number of ether oxygens (including phenoxy) is 2. The van der Waals surface area contributed by atoms with Gasteiger partial charge in [0.15, 0.2) is 11.6 Å². The molecule has 2 atom stereocenters. The van der Waals surface area contributed by atoms with Crippen molar-refractivity contribution < 1.29 is 33.0 Å². The Hall–Kier alpha value is -4.72. The van der Waals surface area contributed by atoms with Crippen LogP contribution in [-0.4, -0.2) is 27.9 Å². The summed E-state index contributed by atoms with van der Waals surface area (Å²) in [5.74, 6) is -3.31. The van der Waals surface area contributed by atoms with Crippen LogP contribution in [0, 0.1) is 18.6 Å². The summed E-state index contributed by atoms with van der Waals surface area (Å²) in [7, 11) is 0. The minimum Gasteiger partial charge on any atom is -0.488 e. The molecule has 0 fully saturated rings. The first kappa shape index (κ1) is 26.9. The highest BCUT2D eigenvalue weighted by molar-refractivity contribution is 5.88. The van der Waals surface area contributed by atoms with Gasteiger partial charge in [-0.3, -0.25) is 4.79 Å². The molecule has 6 nitrogen and oxygen atoms in total. The standard InChI is InChI=1S/C32H27F2NO5/c1-20-12-13-23-18-35(27(32(37)38)17-25(23)29(20)39-19-21-8-4-2-5-9-21)31(36)30(22-10-6-3-7-11-22)40-28-15-14-24(33)16-26(28)34/h2-16,27,30H,17-19H2,1H3,(H,37,38). The van der Waals surface area contributed by atoms with Crippen LogP contribution >= 0.6 is 0 Å². The lowest BCUT2D eigenvalue weighted by Crippen LogP contribution is -2.51. The number of nitrogens with zero attached hydrogens (tertiary/aromatic N) is 1. The van der Waals surface area contributed by atoms with Crippen molar-refractivity contribution >= 4 is 11.9 Å². The highest BCUT2D eigenvalue weighted by Gasteiger charge is 2.40. The van der Waals surface area contributed by atoms with Crippen LogP contribution in [-0.2, 0) is 29.2 Å². The van der Waals surface area contributed by atoms with Crippen molar-refractivity contribution in [2.45, 2.75) is 38.6 Å². The number of carboxylic acid groups (broad SMARTS) is 1. The number of aryl methyl sites for hydroxylation is 1. The number of halogens is 2. The molecule has 0 aliphatic carbocycles. The Balaban J connectivity index is 1.48. The van der Waals surface area contributed by atoms with Gasteiger partial charge in [-0.15, -0.1) is 0 Å². The van der Waals surface area contributed by atoms with Gasteiger partial charge in [0, 0.05) is 30.2 Å². The highest BCUT2D eigenvalue weighted by Crippen LogP contribution is 2.36. The average molecular weight is 544 g/mol. The third-order valence-electron chi connectivity index (χ3n) is 6.93. The SMILES string of the molecule is Cc1ccc2c(c1OCc1ccccc1)CC(C(=O)O)N(C(=O)C(Oc1ccc(F)cc1F)c1ccccc1)C2. The number of benzene rings is 4. The number of hydrogen-bond acceptors (Lipinski definition) is 4. The molecule has 0 aromatic heterocycles. The number of rotatable bonds is 8. The van der Waals surface area contributed by atoms with Crippen LogP contribution in [0.1, 0.15) is 33.9 Å². The second-order valence-electron chi connectivity index (χ2n) is 9.63. The Labute approximate surface area is 230 Å². The first-order valence-corrected chi connectivity index (χ1v) is 12.8. The number of aliphatic carboxylic acids is 1. The number of carboxylic acids is 1. The van der Waals surface area contributed by atoms with Crippen LogP contribution in [0.4, 0.5) is 8.78 Å². The van der Waals surface area contributed by atoms with Gasteiger partial charge in [0.1, 0.15) is 24.2 Å². The maximum atomic E-state index is 14.5. The number of carbonyl (C=O) groups excluding carboxylic acids is 1. The van der Waals surface area contributed by atoms with Gasteiger partial charge in [0.2, 0.25) is 6.10 Å². The van der Waals surface area contributed by atoms with Gasteiger partial charge in [-0.05, 0) is 35.7 Å². The van der Waals surface area contributed by atoms with E-state index in [-0.39, 0.29) is 18.7 Å². The van der Waals surface area contributed by atoms with Crippen molar-refractivity contribution in [2.24, 2.45) is 0 Å². The fourth-order valence-corrected chi connectivity index (χ4v) is 4.87. The Bertz CT molecular complexity index is 1530. The normalized spacial score (nSPS) is 15.2. The second kappa shape index (κ2) is 11.6. The maximum Gasteiger partial charge on any atom is 0.326 e. The molecule has 0 saturated heterocycles. The van der Waals surface area contributed by atoms with E-state index in [1.54, 1.807) is 30.3 Å². The van der Waals surface area contributed by atoms with Crippen molar-refractivity contribution in [1.29, 1.82) is 0 Å². The quantitative estimate of drug-likeness (QED) is 0.295. The molecule has 40 heavy (non-hydrogen) atoms. The van der Waals surface area contributed by atoms with Gasteiger partial charge in [-0.2, -0.15) is 0 Å². The third kappa shape index (κ3) is 5.66. The summed E-state index contributed by atoms with van der Waals surface area (Å²) in [6.07, 6.45) is -1.34. The van der Waals surface area contributed by atoms with E-state index in [0.717, 1.165) is 34.4 Å². The Kier molecular flexibility index (Phi) is 7.77. The molecule has 1 aliphatic heterocycles. The van der Waals surface area contributed by atoms with Crippen molar-refractivity contribution in [3.63, 3.8) is 0 Å². The van der Waals surface area contributed by atoms with Crippen LogP contribution < -0.4 is 9.47 Å². The van der Waals surface area contributed by atoms with E-state index in [9.17, 15) is 23.5 Å². The lowest BCUT2D eigenvalue weighted by atomic mass is 9.90. The zero-order valence-corrected chi connectivity index (χ0v) is 21.7. The predicted molar refractivity (Wildman–Crippen MR) is 144 cm³/mol. The molecule has 4 aromatic carbocycles. The van der Waals surface area contributed by atoms with Crippen molar-refractivity contribution in [1.82, 2.24) is 4.90 Å². The summed E-state index contributed by atoms with van der Waals surface area (Å²) in [5.41, 5.74) is 3.71. The molecule has 8 heteroatoms. The van der Waals surface area contributed by atoms with Crippen LogP contribution in [0.15, 0.2) is 91.0 Å². The molecule has 1 N–H and O–H groups in total. The zero-order chi connectivity index (χ0) is 28.2. The third-order valence-corrected chi connectivity index (χ3v) is 6.93. The van der Waals surface area contributed by atoms with Gasteiger partial charge in [-0.1, -0.05) is 72.8 Å². The van der Waals surface area contributed by atoms with E-state index < -0.39 is 35.7 Å². The minimum atomic E-state index is -1.36. The number of carbonyl (C=O) groups is 2. The van der Waals surface area contributed by atoms with Gasteiger partial charge in [0.05, 0.1) is 0 Å². The van der Waals surface area contributed by atoms with E-state index >= 15 is 0 Å². The molecule has 0 saturated carbocycles. The monoisotopic (exact) mass is 543 g/mol. The molecule has 2 unspecified atom stereocenters. The average Bonchev–Trinajstić information content (AvgIpc) is 2.96. The molecule has 5 rings (SSSR count). The molecule has 0 radical (unpaired) electrons. The largest absolute Gasteiger partial charge is 0.488 e. The van der Waals surface area contributed by atoms with E-state index in [0.29, 0.717) is 24.0 Å². The summed E-state index contributed by atoms with van der Waals surface area (Å²) >= 11 is 0. The molecular weight excluding hydrogens is 516 g/mol. The maximum absolute atomic E-state index is 14.5. The summed E-state index contributed by atoms with van der Waals surface area (Å²) in [4.78, 5) is 27.7. The molecular formula is C32H27F2NO5. The lowest BCUT2D eigenvalue weighted by molar-refractivity contribution is -0.155. The van der Waals surface area contributed by atoms with E-state index in [2.05, 4.69) is 0 Å². The smallest absolute Gasteiger partial charge is 0.326 e. The summed E-state index contributed by atoms with van der Waals surface area (Å²) in [6, 6.07) is 23.4. The Morgan fingerprint density at radius 3 is 2.35 bits per heavy atom. The first-order valence-electron chi connectivity index (χ1n) is 12.8. The minimum absolute atomic E-state index is 0.00823. The number of fused-ring (bicyclic) bond motifs is 1. The molecule has 4 aromatic rings. The highest BCUT2D eigenvalue weighted by atomic mass is 19.1. The predicted octanol–water partition coefficient (Wildman–Crippen LogP) is 6.01. The van der Waals surface area contributed by atoms with Crippen molar-refractivity contribution in [2.75, 3.05) is 0 Å². The van der Waals surface area contributed by atoms with Crippen molar-refractivity contribution in [3.8, 4) is 11.5 Å². The Morgan fingerprint density at radius 2 is 1.68 bits per heavy atom. The number of hydrogen-bond donors (Lipinski definition) is 1. The molecule has 1 amide bonds. The van der Waals surface area contributed by atoms with E-state index in [1.165, 1.54) is 4.90 Å². The van der Waals surface area contributed by atoms with E-state index in [1.807, 2.05) is 49.4 Å². The Morgan fingerprint density at radius 1 is 0.975 bits per heavy atom. The van der Waals surface area contributed by atoms with Gasteiger partial charge in [-0.25, -0.2) is 13.6 Å². The fraction of sp³-hybridized carbons (Fsp3) is 0.188. The van der Waals surface area contributed by atoms with Crippen LogP contribution in [0.25, 0.3) is 0 Å². The van der Waals surface area contributed by atoms with Crippen LogP contribution in [0.2, 0.25) is 0 Å². The molecule has 1 aliphatic rings. The van der Waals surface area contributed by atoms with Gasteiger partial charge in [0.25, 0.3) is 5.91 Å². The van der Waals surface area contributed by atoms with Gasteiger partial charge < -0.3 is 19.5 Å². The van der Waals surface area contributed by atoms with Crippen LogP contribution in [0.5, 0.6) is 11.5 Å². The first-order chi connectivity index (χ1) is 19.3. The lowest BCUT2D eigenvalue weighted by Gasteiger charge is -2.37. The number of amides is 1. The molecule has 204 valence electrons. The molecule has 1 heterocycles. The van der Waals surface area contributed by atoms with Crippen molar-refractivity contribution in [3.05, 3.63) is 130 Å². The zero-order valence-electron chi connectivity index (χ0n) is 21.7. The molecule has 0 bridgehead atoms. The summed E-state index contributed by atoms with van der Waals surface area (Å²) in [6.45, 7) is 2.20. The summed E-state index contributed by atoms with van der Waals surface area (Å²) < 4.78 is 40.0. The fourth-order valence-electron chi connectivity index (χ4n) is 4.87. The second-order valence-corrected chi connectivity index (χ2v) is 9.63.